The molecule has 1 unspecified atom stereocenters. The monoisotopic (exact) mass is 300 g/mol. The molecule has 0 heterocycles. The van der Waals surface area contributed by atoms with Crippen LogP contribution in [0, 0.1) is 11.3 Å². The molecular weight excluding hydrogens is 268 g/mol. The molecule has 0 aromatic rings. The van der Waals surface area contributed by atoms with Gasteiger partial charge in [0.2, 0.25) is 5.91 Å². The molecule has 0 fully saturated rings. The fraction of sp³-hybridized carbons (Fsp3) is 0.875. The van der Waals surface area contributed by atoms with Crippen LogP contribution in [0.3, 0.4) is 0 Å². The van der Waals surface area contributed by atoms with E-state index in [1.165, 1.54) is 0 Å². The molecular formula is C16H32N2O3. The van der Waals surface area contributed by atoms with Crippen molar-refractivity contribution in [3.05, 3.63) is 0 Å². The summed E-state index contributed by atoms with van der Waals surface area (Å²) in [6, 6.07) is 0. The van der Waals surface area contributed by atoms with Crippen LogP contribution in [0.15, 0.2) is 0 Å². The predicted octanol–water partition coefficient (Wildman–Crippen LogP) is 2.54. The van der Waals surface area contributed by atoms with E-state index in [1.54, 1.807) is 0 Å². The average Bonchev–Trinajstić information content (AvgIpc) is 2.39. The van der Waals surface area contributed by atoms with Gasteiger partial charge >= 0.3 is 5.97 Å². The van der Waals surface area contributed by atoms with Crippen LogP contribution in [0.25, 0.3) is 0 Å². The zero-order valence-corrected chi connectivity index (χ0v) is 14.2. The van der Waals surface area contributed by atoms with Crippen LogP contribution < -0.4 is 11.1 Å². The van der Waals surface area contributed by atoms with Crippen LogP contribution in [0.1, 0.15) is 66.7 Å². The second kappa shape index (κ2) is 8.37. The number of nitrogens with two attached hydrogens (primary N) is 1. The van der Waals surface area contributed by atoms with Crippen LogP contribution in [0.5, 0.6) is 0 Å². The Morgan fingerprint density at radius 3 is 2.05 bits per heavy atom. The summed E-state index contributed by atoms with van der Waals surface area (Å²) in [6.45, 7) is 10.7. The summed E-state index contributed by atoms with van der Waals surface area (Å²) in [6.07, 6.45) is 2.78. The van der Waals surface area contributed by atoms with Crippen molar-refractivity contribution < 1.29 is 14.7 Å². The van der Waals surface area contributed by atoms with Gasteiger partial charge in [-0.15, -0.1) is 0 Å². The standard InChI is InChI=1S/C16H32N2O3/c1-6-16(17,7-2)14(21)18-11-10-12(15(3,4)5)8-9-13(19)20/h12H,6-11,17H2,1-5H3,(H,18,21)(H,19,20). The SMILES string of the molecule is CCC(N)(CC)C(=O)NCCC(CCC(=O)O)C(C)(C)C. The van der Waals surface area contributed by atoms with E-state index in [0.717, 1.165) is 6.42 Å². The maximum Gasteiger partial charge on any atom is 0.303 e. The average molecular weight is 300 g/mol. The second-order valence-corrected chi connectivity index (χ2v) is 6.90. The number of carboxylic acid groups (broad SMARTS) is 1. The summed E-state index contributed by atoms with van der Waals surface area (Å²) < 4.78 is 0. The fourth-order valence-electron chi connectivity index (χ4n) is 2.42. The molecule has 0 spiro atoms. The molecule has 5 nitrogen and oxygen atoms in total. The minimum Gasteiger partial charge on any atom is -0.481 e. The highest BCUT2D eigenvalue weighted by Crippen LogP contribution is 2.32. The first-order valence-electron chi connectivity index (χ1n) is 7.85. The number of carboxylic acids is 1. The van der Waals surface area contributed by atoms with Crippen LogP contribution in [0.4, 0.5) is 0 Å². The van der Waals surface area contributed by atoms with E-state index in [-0.39, 0.29) is 23.7 Å². The van der Waals surface area contributed by atoms with E-state index >= 15 is 0 Å². The lowest BCUT2D eigenvalue weighted by Crippen LogP contribution is -2.53. The Bertz CT molecular complexity index is 344. The number of carbonyl (C=O) groups excluding carboxylic acids is 1. The second-order valence-electron chi connectivity index (χ2n) is 6.90. The maximum absolute atomic E-state index is 12.1. The Labute approximate surface area is 128 Å². The third kappa shape index (κ3) is 6.93. The Morgan fingerprint density at radius 1 is 1.14 bits per heavy atom. The molecule has 5 heteroatoms. The molecule has 21 heavy (non-hydrogen) atoms. The van der Waals surface area contributed by atoms with Gasteiger partial charge in [0.25, 0.3) is 0 Å². The van der Waals surface area contributed by atoms with Gasteiger partial charge < -0.3 is 16.2 Å². The Morgan fingerprint density at radius 2 is 1.67 bits per heavy atom. The highest BCUT2D eigenvalue weighted by Gasteiger charge is 2.30. The first-order valence-corrected chi connectivity index (χ1v) is 7.85. The zero-order chi connectivity index (χ0) is 16.7. The summed E-state index contributed by atoms with van der Waals surface area (Å²) >= 11 is 0. The van der Waals surface area contributed by atoms with Gasteiger partial charge in [-0.25, -0.2) is 0 Å². The maximum atomic E-state index is 12.1. The number of amides is 1. The van der Waals surface area contributed by atoms with E-state index in [2.05, 4.69) is 26.1 Å². The quantitative estimate of drug-likeness (QED) is 0.610. The third-order valence-corrected chi connectivity index (χ3v) is 4.42. The molecule has 1 amide bonds. The number of carbonyl (C=O) groups is 2. The highest BCUT2D eigenvalue weighted by atomic mass is 16.4. The summed E-state index contributed by atoms with van der Waals surface area (Å²) in [5.74, 6) is -0.631. The molecule has 124 valence electrons. The lowest BCUT2D eigenvalue weighted by atomic mass is 9.76. The summed E-state index contributed by atoms with van der Waals surface area (Å²) in [4.78, 5) is 22.8. The molecule has 0 aliphatic rings. The number of hydrogen-bond donors (Lipinski definition) is 3. The molecule has 1 atom stereocenters. The molecule has 0 aliphatic heterocycles. The Hall–Kier alpha value is -1.10. The molecule has 0 aromatic heterocycles. The van der Waals surface area contributed by atoms with Gasteiger partial charge in [-0.2, -0.15) is 0 Å². The van der Waals surface area contributed by atoms with Crippen LogP contribution in [-0.2, 0) is 9.59 Å². The minimum atomic E-state index is -0.793. The van der Waals surface area contributed by atoms with Gasteiger partial charge in [0.05, 0.1) is 5.54 Å². The summed E-state index contributed by atoms with van der Waals surface area (Å²) in [5.41, 5.74) is 5.28. The molecule has 0 saturated carbocycles. The lowest BCUT2D eigenvalue weighted by molar-refractivity contribution is -0.137. The van der Waals surface area contributed by atoms with E-state index in [1.807, 2.05) is 13.8 Å². The van der Waals surface area contributed by atoms with Gasteiger partial charge in [0, 0.05) is 13.0 Å². The van der Waals surface area contributed by atoms with Crippen molar-refractivity contribution in [1.29, 1.82) is 0 Å². The number of aliphatic carboxylic acids is 1. The molecule has 0 bridgehead atoms. The number of nitrogens with one attached hydrogen (secondary N) is 1. The van der Waals surface area contributed by atoms with Gasteiger partial charge in [-0.1, -0.05) is 34.6 Å². The topological polar surface area (TPSA) is 92.4 Å². The Balaban J connectivity index is 4.44. The van der Waals surface area contributed by atoms with E-state index in [4.69, 9.17) is 10.8 Å². The van der Waals surface area contributed by atoms with E-state index < -0.39 is 11.5 Å². The predicted molar refractivity (Wildman–Crippen MR) is 84.9 cm³/mol. The number of hydrogen-bond acceptors (Lipinski definition) is 3. The largest absolute Gasteiger partial charge is 0.481 e. The van der Waals surface area contributed by atoms with Crippen molar-refractivity contribution >= 4 is 11.9 Å². The fourth-order valence-corrected chi connectivity index (χ4v) is 2.42. The van der Waals surface area contributed by atoms with Gasteiger partial charge in [-0.05, 0) is 37.0 Å². The molecule has 0 radical (unpaired) electrons. The first-order chi connectivity index (χ1) is 9.56. The molecule has 0 rings (SSSR count). The zero-order valence-electron chi connectivity index (χ0n) is 14.2. The normalized spacial score (nSPS) is 13.8. The molecule has 0 aliphatic carbocycles. The number of rotatable bonds is 9. The van der Waals surface area contributed by atoms with Gasteiger partial charge in [-0.3, -0.25) is 9.59 Å². The lowest BCUT2D eigenvalue weighted by Gasteiger charge is -2.31. The van der Waals surface area contributed by atoms with Crippen molar-refractivity contribution in [3.8, 4) is 0 Å². The van der Waals surface area contributed by atoms with Crippen molar-refractivity contribution in [2.75, 3.05) is 6.54 Å². The van der Waals surface area contributed by atoms with Crippen LogP contribution in [-0.4, -0.2) is 29.1 Å². The third-order valence-electron chi connectivity index (χ3n) is 4.42. The van der Waals surface area contributed by atoms with Crippen molar-refractivity contribution in [2.24, 2.45) is 17.1 Å². The highest BCUT2D eigenvalue weighted by molar-refractivity contribution is 5.85. The van der Waals surface area contributed by atoms with E-state index in [9.17, 15) is 9.59 Å². The Kier molecular flexibility index (Phi) is 7.93. The van der Waals surface area contributed by atoms with E-state index in [0.29, 0.717) is 25.8 Å². The molecule has 0 aromatic carbocycles. The molecule has 0 saturated heterocycles. The smallest absolute Gasteiger partial charge is 0.303 e. The summed E-state index contributed by atoms with van der Waals surface area (Å²) in [7, 11) is 0. The van der Waals surface area contributed by atoms with Crippen molar-refractivity contribution in [1.82, 2.24) is 5.32 Å². The van der Waals surface area contributed by atoms with Crippen LogP contribution in [0.2, 0.25) is 0 Å². The summed E-state index contributed by atoms with van der Waals surface area (Å²) in [5, 5.41) is 11.7. The van der Waals surface area contributed by atoms with Crippen molar-refractivity contribution in [2.45, 2.75) is 72.3 Å². The van der Waals surface area contributed by atoms with Crippen molar-refractivity contribution in [3.63, 3.8) is 0 Å². The van der Waals surface area contributed by atoms with Gasteiger partial charge in [0.1, 0.15) is 0 Å². The van der Waals surface area contributed by atoms with Gasteiger partial charge in [0.15, 0.2) is 0 Å². The molecule has 4 N–H and O–H groups in total. The first kappa shape index (κ1) is 19.9. The van der Waals surface area contributed by atoms with Crippen LogP contribution >= 0.6 is 0 Å². The minimum absolute atomic E-state index is 0.0233.